The molecule has 1 aromatic rings. The first-order valence-electron chi connectivity index (χ1n) is 5.03. The number of halogens is 4. The molecule has 0 heterocycles. The van der Waals surface area contributed by atoms with Gasteiger partial charge < -0.3 is 10.1 Å². The van der Waals surface area contributed by atoms with Gasteiger partial charge in [-0.25, -0.2) is 0 Å². The summed E-state index contributed by atoms with van der Waals surface area (Å²) in [5.74, 6) is 0. The van der Waals surface area contributed by atoms with Crippen molar-refractivity contribution in [2.45, 2.75) is 13.1 Å². The van der Waals surface area contributed by atoms with E-state index in [9.17, 15) is 13.2 Å². The van der Waals surface area contributed by atoms with Gasteiger partial charge in [-0.2, -0.15) is 13.2 Å². The quantitative estimate of drug-likeness (QED) is 0.823. The number of anilines is 1. The van der Waals surface area contributed by atoms with Gasteiger partial charge in [0.15, 0.2) is 0 Å². The molecule has 0 atom stereocenters. The number of hydrogen-bond acceptors (Lipinski definition) is 2. The fourth-order valence-corrected chi connectivity index (χ4v) is 1.34. The van der Waals surface area contributed by atoms with Gasteiger partial charge in [-0.3, -0.25) is 0 Å². The van der Waals surface area contributed by atoms with Crippen molar-refractivity contribution in [3.8, 4) is 0 Å². The van der Waals surface area contributed by atoms with Crippen LogP contribution in [0.3, 0.4) is 0 Å². The van der Waals surface area contributed by atoms with Gasteiger partial charge in [0.25, 0.3) is 0 Å². The first-order valence-corrected chi connectivity index (χ1v) is 5.41. The number of rotatable bonds is 5. The molecule has 0 radical (unpaired) electrons. The van der Waals surface area contributed by atoms with Gasteiger partial charge in [-0.05, 0) is 24.6 Å². The van der Waals surface area contributed by atoms with Crippen molar-refractivity contribution >= 4 is 17.3 Å². The third kappa shape index (κ3) is 5.79. The van der Waals surface area contributed by atoms with Gasteiger partial charge >= 0.3 is 6.18 Å². The van der Waals surface area contributed by atoms with Gasteiger partial charge in [0.05, 0.1) is 6.61 Å². The summed E-state index contributed by atoms with van der Waals surface area (Å²) in [5.41, 5.74) is 1.71. The predicted molar refractivity (Wildman–Crippen MR) is 61.6 cm³/mol. The molecule has 0 saturated heterocycles. The molecule has 0 fully saturated rings. The van der Waals surface area contributed by atoms with Crippen LogP contribution in [0.15, 0.2) is 18.2 Å². The zero-order valence-electron chi connectivity index (χ0n) is 9.27. The summed E-state index contributed by atoms with van der Waals surface area (Å²) in [4.78, 5) is 0. The van der Waals surface area contributed by atoms with E-state index >= 15 is 0 Å². The van der Waals surface area contributed by atoms with Crippen LogP contribution in [0.5, 0.6) is 0 Å². The van der Waals surface area contributed by atoms with Crippen LogP contribution >= 0.6 is 11.6 Å². The first-order chi connectivity index (χ1) is 7.88. The molecular formula is C11H13ClF3NO. The lowest BCUT2D eigenvalue weighted by Gasteiger charge is -2.10. The van der Waals surface area contributed by atoms with E-state index in [2.05, 4.69) is 10.1 Å². The Morgan fingerprint density at radius 2 is 2.06 bits per heavy atom. The summed E-state index contributed by atoms with van der Waals surface area (Å²) in [6, 6.07) is 5.37. The molecule has 0 bridgehead atoms. The molecule has 6 heteroatoms. The second-order valence-corrected chi connectivity index (χ2v) is 3.97. The zero-order chi connectivity index (χ0) is 12.9. The lowest BCUT2D eigenvalue weighted by Crippen LogP contribution is -2.20. The Balaban J connectivity index is 2.25. The van der Waals surface area contributed by atoms with Crippen LogP contribution in [0.4, 0.5) is 18.9 Å². The Morgan fingerprint density at radius 1 is 1.35 bits per heavy atom. The topological polar surface area (TPSA) is 21.3 Å². The molecule has 0 aliphatic rings. The van der Waals surface area contributed by atoms with E-state index in [0.29, 0.717) is 11.6 Å². The summed E-state index contributed by atoms with van der Waals surface area (Å²) < 4.78 is 39.7. The highest BCUT2D eigenvalue weighted by Gasteiger charge is 2.27. The Morgan fingerprint density at radius 3 is 2.65 bits per heavy atom. The van der Waals surface area contributed by atoms with Crippen LogP contribution in [-0.4, -0.2) is 25.9 Å². The molecule has 1 rings (SSSR count). The van der Waals surface area contributed by atoms with Gasteiger partial charge in [-0.15, -0.1) is 0 Å². The number of ether oxygens (including phenoxy) is 1. The maximum Gasteiger partial charge on any atom is 0.411 e. The van der Waals surface area contributed by atoms with Gasteiger partial charge in [0.2, 0.25) is 0 Å². The number of nitrogens with one attached hydrogen (secondary N) is 1. The van der Waals surface area contributed by atoms with Crippen LogP contribution in [-0.2, 0) is 4.74 Å². The van der Waals surface area contributed by atoms with Gasteiger partial charge in [0.1, 0.15) is 6.61 Å². The summed E-state index contributed by atoms with van der Waals surface area (Å²) in [6.07, 6.45) is -4.27. The summed E-state index contributed by atoms with van der Waals surface area (Å²) >= 11 is 5.89. The average molecular weight is 268 g/mol. The molecule has 2 nitrogen and oxygen atoms in total. The number of hydrogen-bond donors (Lipinski definition) is 1. The van der Waals surface area contributed by atoms with Crippen molar-refractivity contribution < 1.29 is 17.9 Å². The van der Waals surface area contributed by atoms with E-state index in [1.807, 2.05) is 19.1 Å². The maximum atomic E-state index is 11.7. The standard InChI is InChI=1S/C11H13ClF3NO/c1-8-2-3-9(6-10(8)12)16-4-5-17-7-11(13,14)15/h2-3,6,16H,4-5,7H2,1H3. The molecule has 0 amide bonds. The average Bonchev–Trinajstić information content (AvgIpc) is 2.21. The van der Waals surface area contributed by atoms with Crippen molar-refractivity contribution in [2.75, 3.05) is 25.1 Å². The Kier molecular flexibility index (Phi) is 5.08. The van der Waals surface area contributed by atoms with Crippen molar-refractivity contribution in [2.24, 2.45) is 0 Å². The highest BCUT2D eigenvalue weighted by molar-refractivity contribution is 6.31. The molecule has 0 aliphatic carbocycles. The van der Waals surface area contributed by atoms with E-state index in [1.165, 1.54) is 0 Å². The molecule has 1 aromatic carbocycles. The number of benzene rings is 1. The van der Waals surface area contributed by atoms with E-state index < -0.39 is 12.8 Å². The van der Waals surface area contributed by atoms with Crippen molar-refractivity contribution in [1.82, 2.24) is 0 Å². The Labute approximate surface area is 103 Å². The minimum atomic E-state index is -4.27. The van der Waals surface area contributed by atoms with Crippen molar-refractivity contribution in [3.63, 3.8) is 0 Å². The molecule has 0 aliphatic heterocycles. The van der Waals surface area contributed by atoms with Crippen LogP contribution in [0.1, 0.15) is 5.56 Å². The third-order valence-corrected chi connectivity index (χ3v) is 2.42. The van der Waals surface area contributed by atoms with Crippen LogP contribution in [0.2, 0.25) is 5.02 Å². The minimum Gasteiger partial charge on any atom is -0.383 e. The lowest BCUT2D eigenvalue weighted by molar-refractivity contribution is -0.172. The van der Waals surface area contributed by atoms with Gasteiger partial charge in [-0.1, -0.05) is 17.7 Å². The molecule has 17 heavy (non-hydrogen) atoms. The van der Waals surface area contributed by atoms with E-state index in [-0.39, 0.29) is 6.61 Å². The molecule has 0 saturated carbocycles. The van der Waals surface area contributed by atoms with Crippen LogP contribution < -0.4 is 5.32 Å². The number of aryl methyl sites for hydroxylation is 1. The first kappa shape index (κ1) is 14.1. The second kappa shape index (κ2) is 6.12. The molecule has 96 valence electrons. The Bertz CT molecular complexity index is 368. The summed E-state index contributed by atoms with van der Waals surface area (Å²) in [7, 11) is 0. The number of alkyl halides is 3. The fourth-order valence-electron chi connectivity index (χ4n) is 1.16. The van der Waals surface area contributed by atoms with Crippen molar-refractivity contribution in [3.05, 3.63) is 28.8 Å². The third-order valence-electron chi connectivity index (χ3n) is 2.01. The highest BCUT2D eigenvalue weighted by atomic mass is 35.5. The lowest BCUT2D eigenvalue weighted by atomic mass is 10.2. The largest absolute Gasteiger partial charge is 0.411 e. The predicted octanol–water partition coefficient (Wildman–Crippen LogP) is 3.64. The van der Waals surface area contributed by atoms with E-state index in [1.54, 1.807) is 6.07 Å². The maximum absolute atomic E-state index is 11.7. The van der Waals surface area contributed by atoms with Crippen molar-refractivity contribution in [1.29, 1.82) is 0 Å². The summed E-state index contributed by atoms with van der Waals surface area (Å²) in [5, 5.41) is 3.54. The SMILES string of the molecule is Cc1ccc(NCCOCC(F)(F)F)cc1Cl. The Hall–Kier alpha value is -0.940. The summed E-state index contributed by atoms with van der Waals surface area (Å²) in [6.45, 7) is 0.947. The molecular weight excluding hydrogens is 255 g/mol. The smallest absolute Gasteiger partial charge is 0.383 e. The highest BCUT2D eigenvalue weighted by Crippen LogP contribution is 2.19. The molecule has 0 spiro atoms. The molecule has 0 aromatic heterocycles. The van der Waals surface area contributed by atoms with E-state index in [4.69, 9.17) is 11.6 Å². The second-order valence-electron chi connectivity index (χ2n) is 3.56. The monoisotopic (exact) mass is 267 g/mol. The normalized spacial score (nSPS) is 11.6. The molecule has 0 unspecified atom stereocenters. The minimum absolute atomic E-state index is 0.00892. The molecule has 1 N–H and O–H groups in total. The van der Waals surface area contributed by atoms with Crippen LogP contribution in [0.25, 0.3) is 0 Å². The fraction of sp³-hybridized carbons (Fsp3) is 0.455. The van der Waals surface area contributed by atoms with Gasteiger partial charge in [0, 0.05) is 17.3 Å². The zero-order valence-corrected chi connectivity index (χ0v) is 10.0. The van der Waals surface area contributed by atoms with Crippen LogP contribution in [0, 0.1) is 6.92 Å². The van der Waals surface area contributed by atoms with E-state index in [0.717, 1.165) is 11.3 Å².